The molecule has 0 aliphatic carbocycles. The van der Waals surface area contributed by atoms with Gasteiger partial charge in [-0.05, 0) is 80.6 Å². The zero-order valence-electron chi connectivity index (χ0n) is 17.3. The maximum atomic E-state index is 12.4. The average molecular weight is 419 g/mol. The molecule has 2 aromatic heterocycles. The molecule has 0 atom stereocenters. The summed E-state index contributed by atoms with van der Waals surface area (Å²) >= 11 is 1.35. The molecule has 4 aromatic rings. The lowest BCUT2D eigenvalue weighted by Gasteiger charge is -2.11. The van der Waals surface area contributed by atoms with Gasteiger partial charge in [0.25, 0.3) is 0 Å². The minimum Gasteiger partial charge on any atom is -0.325 e. The molecule has 6 nitrogen and oxygen atoms in total. The first kappa shape index (κ1) is 20.1. The Bertz CT molecular complexity index is 1290. The zero-order chi connectivity index (χ0) is 21.4. The van der Waals surface area contributed by atoms with E-state index in [1.54, 1.807) is 24.3 Å². The van der Waals surface area contributed by atoms with E-state index in [9.17, 15) is 9.59 Å². The van der Waals surface area contributed by atoms with Gasteiger partial charge in [-0.15, -0.1) is 10.2 Å². The number of nitrogens with zero attached hydrogens (tertiary/aromatic N) is 3. The number of hydrogen-bond acceptors (Lipinski definition) is 5. The molecule has 0 saturated carbocycles. The fourth-order valence-electron chi connectivity index (χ4n) is 3.64. The molecular formula is C23H22N4O2S. The highest BCUT2D eigenvalue weighted by Gasteiger charge is 2.15. The summed E-state index contributed by atoms with van der Waals surface area (Å²) in [6.07, 6.45) is 0. The van der Waals surface area contributed by atoms with Gasteiger partial charge in [-0.2, -0.15) is 0 Å². The number of hydrogen-bond donors (Lipinski definition) is 1. The first-order valence-electron chi connectivity index (χ1n) is 9.63. The van der Waals surface area contributed by atoms with Gasteiger partial charge in [0.05, 0.1) is 11.3 Å². The molecule has 2 heterocycles. The molecular weight excluding hydrogens is 396 g/mol. The lowest BCUT2D eigenvalue weighted by Crippen LogP contribution is -2.14. The van der Waals surface area contributed by atoms with Crippen LogP contribution >= 0.6 is 11.8 Å². The zero-order valence-corrected chi connectivity index (χ0v) is 18.1. The normalized spacial score (nSPS) is 11.2. The Balaban J connectivity index is 1.58. The van der Waals surface area contributed by atoms with E-state index >= 15 is 0 Å². The number of rotatable bonds is 5. The summed E-state index contributed by atoms with van der Waals surface area (Å²) in [6, 6.07) is 13.3. The number of amides is 1. The monoisotopic (exact) mass is 418 g/mol. The van der Waals surface area contributed by atoms with Crippen LogP contribution in [0.4, 0.5) is 5.69 Å². The van der Waals surface area contributed by atoms with E-state index in [0.717, 1.165) is 27.7 Å². The standard InChI is InChI=1S/C23H22N4O2S/c1-13-9-14(2)21-18(10-13)11-15(3)22-25-26-23(27(21)22)30-12-20(29)24-19-7-5-17(6-8-19)16(4)28/h5-11H,12H2,1-4H3,(H,24,29). The van der Waals surface area contributed by atoms with Crippen LogP contribution in [0.5, 0.6) is 0 Å². The van der Waals surface area contributed by atoms with Crippen LogP contribution in [0.25, 0.3) is 16.6 Å². The van der Waals surface area contributed by atoms with Crippen molar-refractivity contribution in [1.82, 2.24) is 14.6 Å². The second-order valence-electron chi connectivity index (χ2n) is 7.46. The summed E-state index contributed by atoms with van der Waals surface area (Å²) < 4.78 is 2.04. The Morgan fingerprint density at radius 2 is 1.73 bits per heavy atom. The minimum atomic E-state index is -0.142. The fraction of sp³-hybridized carbons (Fsp3) is 0.217. The Labute approximate surface area is 178 Å². The number of pyridine rings is 1. The van der Waals surface area contributed by atoms with Crippen molar-refractivity contribution < 1.29 is 9.59 Å². The smallest absolute Gasteiger partial charge is 0.234 e. The Morgan fingerprint density at radius 1 is 1.00 bits per heavy atom. The molecule has 152 valence electrons. The van der Waals surface area contributed by atoms with E-state index in [4.69, 9.17) is 0 Å². The third-order valence-electron chi connectivity index (χ3n) is 4.96. The van der Waals surface area contributed by atoms with Gasteiger partial charge in [0.15, 0.2) is 16.6 Å². The molecule has 0 radical (unpaired) electrons. The number of carbonyl (C=O) groups is 2. The third kappa shape index (κ3) is 3.80. The molecule has 0 aliphatic heterocycles. The van der Waals surface area contributed by atoms with Gasteiger partial charge in [-0.1, -0.05) is 23.4 Å². The number of aryl methyl sites for hydroxylation is 3. The van der Waals surface area contributed by atoms with E-state index in [0.29, 0.717) is 16.4 Å². The van der Waals surface area contributed by atoms with Crippen LogP contribution in [-0.4, -0.2) is 32.0 Å². The first-order valence-corrected chi connectivity index (χ1v) is 10.6. The lowest BCUT2D eigenvalue weighted by molar-refractivity contribution is -0.113. The van der Waals surface area contributed by atoms with Crippen molar-refractivity contribution >= 4 is 45.7 Å². The van der Waals surface area contributed by atoms with E-state index in [-0.39, 0.29) is 17.4 Å². The van der Waals surface area contributed by atoms with Gasteiger partial charge in [-0.25, -0.2) is 0 Å². The maximum Gasteiger partial charge on any atom is 0.234 e. The van der Waals surface area contributed by atoms with E-state index in [2.05, 4.69) is 47.6 Å². The minimum absolute atomic E-state index is 0.00451. The average Bonchev–Trinajstić information content (AvgIpc) is 3.11. The van der Waals surface area contributed by atoms with E-state index < -0.39 is 0 Å². The molecule has 0 fully saturated rings. The largest absolute Gasteiger partial charge is 0.325 e. The van der Waals surface area contributed by atoms with Crippen molar-refractivity contribution in [3.05, 3.63) is 64.7 Å². The summed E-state index contributed by atoms with van der Waals surface area (Å²) in [5, 5.41) is 13.4. The molecule has 30 heavy (non-hydrogen) atoms. The summed E-state index contributed by atoms with van der Waals surface area (Å²) in [5.74, 6) is 0.0576. The second-order valence-corrected chi connectivity index (χ2v) is 8.40. The number of aromatic nitrogens is 3. The number of anilines is 1. The quantitative estimate of drug-likeness (QED) is 0.374. The van der Waals surface area contributed by atoms with Crippen LogP contribution in [0, 0.1) is 20.8 Å². The number of Topliss-reactive ketones (excluding diaryl/α,β-unsaturated/α-hetero) is 1. The molecule has 2 aromatic carbocycles. The van der Waals surface area contributed by atoms with Crippen molar-refractivity contribution in [1.29, 1.82) is 0 Å². The highest BCUT2D eigenvalue weighted by atomic mass is 32.2. The van der Waals surface area contributed by atoms with Crippen LogP contribution in [-0.2, 0) is 4.79 Å². The Hall–Kier alpha value is -3.19. The number of ketones is 1. The van der Waals surface area contributed by atoms with E-state index in [1.807, 2.05) is 11.3 Å². The number of benzene rings is 2. The Kier molecular flexibility index (Phi) is 5.30. The van der Waals surface area contributed by atoms with Crippen molar-refractivity contribution in [2.75, 3.05) is 11.1 Å². The first-order chi connectivity index (χ1) is 14.3. The van der Waals surface area contributed by atoms with E-state index in [1.165, 1.54) is 24.2 Å². The predicted octanol–water partition coefficient (Wildman–Crippen LogP) is 4.74. The molecule has 0 aliphatic rings. The summed E-state index contributed by atoms with van der Waals surface area (Å²) in [4.78, 5) is 23.8. The van der Waals surface area contributed by atoms with Crippen molar-refractivity contribution in [2.24, 2.45) is 0 Å². The molecule has 0 bridgehead atoms. The summed E-state index contributed by atoms with van der Waals surface area (Å²) in [5.41, 5.74) is 6.53. The molecule has 0 unspecified atom stereocenters. The molecule has 7 heteroatoms. The van der Waals surface area contributed by atoms with Crippen molar-refractivity contribution in [3.8, 4) is 0 Å². The van der Waals surface area contributed by atoms with Crippen LogP contribution in [0.1, 0.15) is 34.0 Å². The van der Waals surface area contributed by atoms with Gasteiger partial charge in [-0.3, -0.25) is 14.0 Å². The van der Waals surface area contributed by atoms with Crippen LogP contribution in [0.15, 0.2) is 47.6 Å². The number of carbonyl (C=O) groups excluding carboxylic acids is 2. The molecule has 4 rings (SSSR count). The SMILES string of the molecule is CC(=O)c1ccc(NC(=O)CSc2nnc3c(C)cc4cc(C)cc(C)c4n23)cc1. The summed E-state index contributed by atoms with van der Waals surface area (Å²) in [6.45, 7) is 7.70. The van der Waals surface area contributed by atoms with Crippen molar-refractivity contribution in [3.63, 3.8) is 0 Å². The number of thioether (sulfide) groups is 1. The molecule has 1 N–H and O–H groups in total. The van der Waals surface area contributed by atoms with Crippen molar-refractivity contribution in [2.45, 2.75) is 32.9 Å². The van der Waals surface area contributed by atoms with Gasteiger partial charge in [0.1, 0.15) is 0 Å². The van der Waals surface area contributed by atoms with Gasteiger partial charge < -0.3 is 5.32 Å². The molecule has 0 saturated heterocycles. The number of fused-ring (bicyclic) bond motifs is 3. The Morgan fingerprint density at radius 3 is 2.43 bits per heavy atom. The lowest BCUT2D eigenvalue weighted by atomic mass is 10.1. The van der Waals surface area contributed by atoms with Crippen LogP contribution < -0.4 is 5.32 Å². The highest BCUT2D eigenvalue weighted by Crippen LogP contribution is 2.28. The highest BCUT2D eigenvalue weighted by molar-refractivity contribution is 7.99. The van der Waals surface area contributed by atoms with Gasteiger partial charge >= 0.3 is 0 Å². The fourth-order valence-corrected chi connectivity index (χ4v) is 4.38. The maximum absolute atomic E-state index is 12.4. The predicted molar refractivity (Wildman–Crippen MR) is 121 cm³/mol. The second kappa shape index (κ2) is 7.91. The third-order valence-corrected chi connectivity index (χ3v) is 5.89. The van der Waals surface area contributed by atoms with Crippen LogP contribution in [0.3, 0.4) is 0 Å². The number of nitrogens with one attached hydrogen (secondary N) is 1. The van der Waals surface area contributed by atoms with Gasteiger partial charge in [0.2, 0.25) is 5.91 Å². The van der Waals surface area contributed by atoms with Crippen LogP contribution in [0.2, 0.25) is 0 Å². The molecule has 1 amide bonds. The topological polar surface area (TPSA) is 76.4 Å². The summed E-state index contributed by atoms with van der Waals surface area (Å²) in [7, 11) is 0. The molecule has 0 spiro atoms. The van der Waals surface area contributed by atoms with Gasteiger partial charge in [0, 0.05) is 11.3 Å².